The van der Waals surface area contributed by atoms with Gasteiger partial charge >= 0.3 is 0 Å². The second kappa shape index (κ2) is 6.45. The van der Waals surface area contributed by atoms with Gasteiger partial charge in [0.25, 0.3) is 0 Å². The van der Waals surface area contributed by atoms with Crippen LogP contribution in [-0.4, -0.2) is 7.11 Å². The zero-order valence-electron chi connectivity index (χ0n) is 10.7. The topological polar surface area (TPSA) is 44.5 Å². The Morgan fingerprint density at radius 1 is 1.05 bits per heavy atom. The minimum atomic E-state index is 0.443. The first-order valence-corrected chi connectivity index (χ1v) is 6.31. The van der Waals surface area contributed by atoms with Gasteiger partial charge in [0.05, 0.1) is 20.3 Å². The van der Waals surface area contributed by atoms with Crippen molar-refractivity contribution in [2.75, 3.05) is 12.8 Å². The molecule has 4 heteroatoms. The zero-order valence-corrected chi connectivity index (χ0v) is 11.5. The summed E-state index contributed by atoms with van der Waals surface area (Å²) in [6.07, 6.45) is 0. The van der Waals surface area contributed by atoms with Gasteiger partial charge in [-0.25, -0.2) is 0 Å². The molecule has 100 valence electrons. The number of nitrogen functional groups attached to an aromatic ring is 1. The van der Waals surface area contributed by atoms with Crippen LogP contribution in [0.25, 0.3) is 0 Å². The van der Waals surface area contributed by atoms with Crippen LogP contribution in [0.5, 0.6) is 5.75 Å². The van der Waals surface area contributed by atoms with Crippen molar-refractivity contribution in [1.82, 2.24) is 0 Å². The predicted molar refractivity (Wildman–Crippen MR) is 77.4 cm³/mol. The number of hydrogen-bond donors (Lipinski definition) is 1. The zero-order chi connectivity index (χ0) is 13.7. The van der Waals surface area contributed by atoms with E-state index in [4.69, 9.17) is 26.8 Å². The smallest absolute Gasteiger partial charge is 0.118 e. The summed E-state index contributed by atoms with van der Waals surface area (Å²) >= 11 is 5.92. The van der Waals surface area contributed by atoms with Gasteiger partial charge in [-0.1, -0.05) is 23.7 Å². The highest BCUT2D eigenvalue weighted by Gasteiger charge is 2.01. The first-order valence-electron chi connectivity index (χ1n) is 5.93. The van der Waals surface area contributed by atoms with Crippen LogP contribution in [0.15, 0.2) is 42.5 Å². The normalized spacial score (nSPS) is 10.4. The minimum Gasteiger partial charge on any atom is -0.497 e. The lowest BCUT2D eigenvalue weighted by atomic mass is 10.2. The Bertz CT molecular complexity index is 540. The van der Waals surface area contributed by atoms with E-state index in [1.165, 1.54) is 0 Å². The standard InChI is InChI=1S/C15H16ClNO2/c1-18-14-5-2-11(3-6-14)9-19-10-12-8-13(16)4-7-15(12)17/h2-8H,9-10,17H2,1H3. The van der Waals surface area contributed by atoms with E-state index in [-0.39, 0.29) is 0 Å². The molecule has 2 aromatic rings. The van der Waals surface area contributed by atoms with Gasteiger partial charge in [0, 0.05) is 16.3 Å². The van der Waals surface area contributed by atoms with E-state index >= 15 is 0 Å². The fraction of sp³-hybridized carbons (Fsp3) is 0.200. The molecule has 0 unspecified atom stereocenters. The van der Waals surface area contributed by atoms with Crippen molar-refractivity contribution in [3.8, 4) is 5.75 Å². The van der Waals surface area contributed by atoms with Crippen molar-refractivity contribution >= 4 is 17.3 Å². The molecule has 0 aromatic heterocycles. The van der Waals surface area contributed by atoms with Gasteiger partial charge in [0.1, 0.15) is 5.75 Å². The van der Waals surface area contributed by atoms with Crippen molar-refractivity contribution in [2.24, 2.45) is 0 Å². The van der Waals surface area contributed by atoms with Crippen molar-refractivity contribution in [3.63, 3.8) is 0 Å². The summed E-state index contributed by atoms with van der Waals surface area (Å²) in [5.74, 6) is 0.836. The van der Waals surface area contributed by atoms with Crippen LogP contribution >= 0.6 is 11.6 Å². The van der Waals surface area contributed by atoms with Crippen molar-refractivity contribution < 1.29 is 9.47 Å². The van der Waals surface area contributed by atoms with E-state index in [2.05, 4.69) is 0 Å². The molecule has 0 saturated carbocycles. The Balaban J connectivity index is 1.90. The molecular formula is C15H16ClNO2. The molecule has 0 aliphatic heterocycles. The Morgan fingerprint density at radius 3 is 2.47 bits per heavy atom. The average molecular weight is 278 g/mol. The number of ether oxygens (including phenoxy) is 2. The maximum Gasteiger partial charge on any atom is 0.118 e. The summed E-state index contributed by atoms with van der Waals surface area (Å²) in [4.78, 5) is 0. The molecule has 19 heavy (non-hydrogen) atoms. The first-order chi connectivity index (χ1) is 9.19. The van der Waals surface area contributed by atoms with E-state index in [1.54, 1.807) is 19.2 Å². The van der Waals surface area contributed by atoms with Crippen LogP contribution in [0.2, 0.25) is 5.02 Å². The molecule has 0 heterocycles. The SMILES string of the molecule is COc1ccc(COCc2cc(Cl)ccc2N)cc1. The van der Waals surface area contributed by atoms with Gasteiger partial charge in [-0.15, -0.1) is 0 Å². The first kappa shape index (κ1) is 13.7. The lowest BCUT2D eigenvalue weighted by Gasteiger charge is -2.08. The van der Waals surface area contributed by atoms with E-state index in [0.717, 1.165) is 16.9 Å². The molecule has 0 spiro atoms. The summed E-state index contributed by atoms with van der Waals surface area (Å²) in [7, 11) is 1.65. The van der Waals surface area contributed by atoms with Crippen molar-refractivity contribution in [2.45, 2.75) is 13.2 Å². The Labute approximate surface area is 117 Å². The molecule has 0 saturated heterocycles. The second-order valence-corrected chi connectivity index (χ2v) is 4.62. The molecule has 0 atom stereocenters. The van der Waals surface area contributed by atoms with Crippen molar-refractivity contribution in [1.29, 1.82) is 0 Å². The lowest BCUT2D eigenvalue weighted by Crippen LogP contribution is -1.98. The molecular weight excluding hydrogens is 262 g/mol. The number of rotatable bonds is 5. The van der Waals surface area contributed by atoms with E-state index in [1.807, 2.05) is 30.3 Å². The number of halogens is 1. The molecule has 2 rings (SSSR count). The molecule has 2 N–H and O–H groups in total. The van der Waals surface area contributed by atoms with Gasteiger partial charge in [-0.2, -0.15) is 0 Å². The van der Waals surface area contributed by atoms with E-state index in [9.17, 15) is 0 Å². The number of benzene rings is 2. The Morgan fingerprint density at radius 2 is 1.79 bits per heavy atom. The highest BCUT2D eigenvalue weighted by Crippen LogP contribution is 2.19. The number of anilines is 1. The molecule has 0 fully saturated rings. The quantitative estimate of drug-likeness (QED) is 0.849. The van der Waals surface area contributed by atoms with Crippen LogP contribution in [0.1, 0.15) is 11.1 Å². The maximum absolute atomic E-state index is 5.92. The number of nitrogens with two attached hydrogens (primary N) is 1. The monoisotopic (exact) mass is 277 g/mol. The highest BCUT2D eigenvalue weighted by atomic mass is 35.5. The third-order valence-electron chi connectivity index (χ3n) is 2.79. The molecule has 0 amide bonds. The van der Waals surface area contributed by atoms with Gasteiger partial charge < -0.3 is 15.2 Å². The predicted octanol–water partition coefficient (Wildman–Crippen LogP) is 3.65. The molecule has 0 aliphatic rings. The summed E-state index contributed by atoms with van der Waals surface area (Å²) in [5.41, 5.74) is 8.53. The van der Waals surface area contributed by atoms with Crippen molar-refractivity contribution in [3.05, 3.63) is 58.6 Å². The highest BCUT2D eigenvalue weighted by molar-refractivity contribution is 6.30. The third kappa shape index (κ3) is 3.88. The van der Waals surface area contributed by atoms with Crippen LogP contribution in [0.3, 0.4) is 0 Å². The fourth-order valence-corrected chi connectivity index (χ4v) is 1.89. The molecule has 0 aliphatic carbocycles. The van der Waals surface area contributed by atoms with Crippen LogP contribution in [0.4, 0.5) is 5.69 Å². The molecule has 0 bridgehead atoms. The number of hydrogen-bond acceptors (Lipinski definition) is 3. The summed E-state index contributed by atoms with van der Waals surface area (Å²) < 4.78 is 10.7. The summed E-state index contributed by atoms with van der Waals surface area (Å²) in [6, 6.07) is 13.1. The summed E-state index contributed by atoms with van der Waals surface area (Å²) in [6.45, 7) is 0.967. The van der Waals surface area contributed by atoms with Gasteiger partial charge in [-0.3, -0.25) is 0 Å². The van der Waals surface area contributed by atoms with Crippen LogP contribution < -0.4 is 10.5 Å². The molecule has 0 radical (unpaired) electrons. The fourth-order valence-electron chi connectivity index (χ4n) is 1.70. The summed E-state index contributed by atoms with van der Waals surface area (Å²) in [5, 5.41) is 0.664. The van der Waals surface area contributed by atoms with Crippen LogP contribution in [-0.2, 0) is 18.0 Å². The second-order valence-electron chi connectivity index (χ2n) is 4.18. The molecule has 3 nitrogen and oxygen atoms in total. The van der Waals surface area contributed by atoms with E-state index in [0.29, 0.717) is 23.9 Å². The average Bonchev–Trinajstić information content (AvgIpc) is 2.43. The van der Waals surface area contributed by atoms with E-state index < -0.39 is 0 Å². The minimum absolute atomic E-state index is 0.443. The lowest BCUT2D eigenvalue weighted by molar-refractivity contribution is 0.107. The Hall–Kier alpha value is -1.71. The maximum atomic E-state index is 5.92. The largest absolute Gasteiger partial charge is 0.497 e. The van der Waals surface area contributed by atoms with Gasteiger partial charge in [0.15, 0.2) is 0 Å². The third-order valence-corrected chi connectivity index (χ3v) is 3.03. The molecule has 2 aromatic carbocycles. The Kier molecular flexibility index (Phi) is 4.66. The number of methoxy groups -OCH3 is 1. The van der Waals surface area contributed by atoms with Crippen LogP contribution in [0, 0.1) is 0 Å². The van der Waals surface area contributed by atoms with Gasteiger partial charge in [0.2, 0.25) is 0 Å². The van der Waals surface area contributed by atoms with Gasteiger partial charge in [-0.05, 0) is 35.9 Å².